The summed E-state index contributed by atoms with van der Waals surface area (Å²) in [6.45, 7) is 4.30. The average Bonchev–Trinajstić information content (AvgIpc) is 3.36. The van der Waals surface area contributed by atoms with Gasteiger partial charge in [-0.3, -0.25) is 4.79 Å². The Morgan fingerprint density at radius 2 is 1.89 bits per heavy atom. The zero-order chi connectivity index (χ0) is 25.9. The maximum absolute atomic E-state index is 13.5. The zero-order valence-corrected chi connectivity index (χ0v) is 21.4. The van der Waals surface area contributed by atoms with Crippen LogP contribution in [0.4, 0.5) is 11.6 Å². The highest BCUT2D eigenvalue weighted by molar-refractivity contribution is 6.30. The number of fused-ring (bicyclic) bond motifs is 1. The molecule has 0 aliphatic carbocycles. The molecule has 0 spiro atoms. The Morgan fingerprint density at radius 1 is 1.08 bits per heavy atom. The van der Waals surface area contributed by atoms with Crippen molar-refractivity contribution in [2.24, 2.45) is 0 Å². The summed E-state index contributed by atoms with van der Waals surface area (Å²) < 4.78 is 13.4. The molecule has 3 aromatic carbocycles. The third-order valence-corrected chi connectivity index (χ3v) is 6.37. The van der Waals surface area contributed by atoms with E-state index in [1.165, 1.54) is 11.9 Å². The van der Waals surface area contributed by atoms with Gasteiger partial charge in [0.1, 0.15) is 19.0 Å². The minimum atomic E-state index is -0.536. The van der Waals surface area contributed by atoms with Crippen molar-refractivity contribution in [3.63, 3.8) is 0 Å². The molecule has 2 heterocycles. The van der Waals surface area contributed by atoms with Crippen LogP contribution in [-0.4, -0.2) is 27.8 Å². The molecule has 4 aromatic rings. The number of nitrogens with one attached hydrogen (secondary N) is 2. The van der Waals surface area contributed by atoms with E-state index >= 15 is 0 Å². The van der Waals surface area contributed by atoms with Crippen molar-refractivity contribution >= 4 is 29.1 Å². The third-order valence-electron chi connectivity index (χ3n) is 6.12. The number of ether oxygens (including phenoxy) is 2. The summed E-state index contributed by atoms with van der Waals surface area (Å²) in [4.78, 5) is 17.8. The van der Waals surface area contributed by atoms with E-state index in [-0.39, 0.29) is 5.91 Å². The molecule has 0 fully saturated rings. The molecule has 0 saturated heterocycles. The van der Waals surface area contributed by atoms with Crippen molar-refractivity contribution in [3.05, 3.63) is 106 Å². The third kappa shape index (κ3) is 5.15. The van der Waals surface area contributed by atoms with E-state index < -0.39 is 6.04 Å². The quantitative estimate of drug-likeness (QED) is 0.325. The van der Waals surface area contributed by atoms with Gasteiger partial charge in [0.25, 0.3) is 5.91 Å². The number of carbonyl (C=O) groups excluding carboxylic acids is 1. The number of methoxy groups -OCH3 is 1. The number of rotatable bonds is 7. The lowest BCUT2D eigenvalue weighted by Crippen LogP contribution is -2.31. The van der Waals surface area contributed by atoms with Crippen molar-refractivity contribution in [2.75, 3.05) is 17.7 Å². The van der Waals surface area contributed by atoms with Crippen LogP contribution in [0.1, 0.15) is 29.7 Å². The molecule has 37 heavy (non-hydrogen) atoms. The fraction of sp³-hybridized carbons (Fsp3) is 0.179. The molecule has 188 valence electrons. The molecule has 9 heteroatoms. The number of halogens is 1. The van der Waals surface area contributed by atoms with E-state index in [1.807, 2.05) is 50.2 Å². The minimum Gasteiger partial charge on any atom is -0.493 e. The normalized spacial score (nSPS) is 14.5. The molecule has 1 aliphatic heterocycles. The van der Waals surface area contributed by atoms with Crippen LogP contribution in [0.5, 0.6) is 11.5 Å². The summed E-state index contributed by atoms with van der Waals surface area (Å²) in [5.41, 5.74) is 4.85. The SMILES string of the molecule is COc1cc(C2C(C(=O)Nc3ccc(Cl)cc3)=C(C)Nc3ncnn32)ccc1OCc1cccc(C)c1. The highest BCUT2D eigenvalue weighted by Gasteiger charge is 2.34. The molecule has 8 nitrogen and oxygen atoms in total. The molecule has 0 bridgehead atoms. The topological polar surface area (TPSA) is 90.3 Å². The van der Waals surface area contributed by atoms with Gasteiger partial charge >= 0.3 is 0 Å². The Bertz CT molecular complexity index is 1480. The minimum absolute atomic E-state index is 0.266. The zero-order valence-electron chi connectivity index (χ0n) is 20.7. The predicted octanol–water partition coefficient (Wildman–Crippen LogP) is 5.76. The van der Waals surface area contributed by atoms with E-state index in [4.69, 9.17) is 21.1 Å². The maximum Gasteiger partial charge on any atom is 0.255 e. The summed E-state index contributed by atoms with van der Waals surface area (Å²) >= 11 is 6.00. The number of amides is 1. The lowest BCUT2D eigenvalue weighted by molar-refractivity contribution is -0.113. The van der Waals surface area contributed by atoms with Crippen molar-refractivity contribution in [1.29, 1.82) is 0 Å². The van der Waals surface area contributed by atoms with Gasteiger partial charge in [0.2, 0.25) is 5.95 Å². The summed E-state index contributed by atoms with van der Waals surface area (Å²) in [6.07, 6.45) is 1.46. The van der Waals surface area contributed by atoms with Gasteiger partial charge < -0.3 is 20.1 Å². The molecule has 0 radical (unpaired) electrons. The van der Waals surface area contributed by atoms with Crippen LogP contribution < -0.4 is 20.1 Å². The van der Waals surface area contributed by atoms with Gasteiger partial charge in [-0.1, -0.05) is 47.5 Å². The Balaban J connectivity index is 1.47. The van der Waals surface area contributed by atoms with Crippen LogP contribution in [0.25, 0.3) is 0 Å². The van der Waals surface area contributed by atoms with E-state index in [9.17, 15) is 4.79 Å². The molecule has 1 aromatic heterocycles. The first-order valence-corrected chi connectivity index (χ1v) is 12.1. The number of aromatic nitrogens is 3. The monoisotopic (exact) mass is 515 g/mol. The van der Waals surface area contributed by atoms with Gasteiger partial charge in [-0.25, -0.2) is 4.68 Å². The lowest BCUT2D eigenvalue weighted by atomic mass is 9.94. The second-order valence-electron chi connectivity index (χ2n) is 8.74. The van der Waals surface area contributed by atoms with Gasteiger partial charge in [0.15, 0.2) is 11.5 Å². The van der Waals surface area contributed by atoms with E-state index in [0.29, 0.717) is 46.0 Å². The second kappa shape index (κ2) is 10.4. The number of anilines is 2. The Hall–Kier alpha value is -4.30. The van der Waals surface area contributed by atoms with Gasteiger partial charge in [0, 0.05) is 16.4 Å². The van der Waals surface area contributed by atoms with Crippen LogP contribution >= 0.6 is 11.6 Å². The first-order valence-electron chi connectivity index (χ1n) is 11.7. The van der Waals surface area contributed by atoms with Crippen LogP contribution in [0.15, 0.2) is 84.3 Å². The van der Waals surface area contributed by atoms with Crippen LogP contribution in [0.3, 0.4) is 0 Å². The second-order valence-corrected chi connectivity index (χ2v) is 9.18. The number of hydrogen-bond donors (Lipinski definition) is 2. The highest BCUT2D eigenvalue weighted by Crippen LogP contribution is 2.39. The number of nitrogens with zero attached hydrogens (tertiary/aromatic N) is 3. The lowest BCUT2D eigenvalue weighted by Gasteiger charge is -2.29. The highest BCUT2D eigenvalue weighted by atomic mass is 35.5. The average molecular weight is 516 g/mol. The first-order chi connectivity index (χ1) is 17.9. The maximum atomic E-state index is 13.5. The molecular formula is C28H26ClN5O3. The van der Waals surface area contributed by atoms with Crippen LogP contribution in [0.2, 0.25) is 5.02 Å². The van der Waals surface area contributed by atoms with Gasteiger partial charge in [-0.15, -0.1) is 0 Å². The molecule has 5 rings (SSSR count). The van der Waals surface area contributed by atoms with Crippen molar-refractivity contribution in [1.82, 2.24) is 14.8 Å². The fourth-order valence-electron chi connectivity index (χ4n) is 4.36. The Kier molecular flexibility index (Phi) is 6.83. The van der Waals surface area contributed by atoms with Crippen molar-refractivity contribution < 1.29 is 14.3 Å². The van der Waals surface area contributed by atoms with Crippen molar-refractivity contribution in [2.45, 2.75) is 26.5 Å². The van der Waals surface area contributed by atoms with E-state index in [0.717, 1.165) is 11.1 Å². The standard InChI is InChI=1S/C28H26ClN5O3/c1-17-5-4-6-19(13-17)15-37-23-12-7-20(14-24(23)36-3)26-25(18(2)32-28-30-16-31-34(26)28)27(35)33-22-10-8-21(29)9-11-22/h4-14,16,26H,15H2,1-3H3,(H,33,35)(H,30,31,32). The molecular weight excluding hydrogens is 490 g/mol. The molecule has 2 N–H and O–H groups in total. The predicted molar refractivity (Wildman–Crippen MR) is 143 cm³/mol. The Labute approximate surface area is 219 Å². The molecule has 1 amide bonds. The molecule has 1 aliphatic rings. The summed E-state index contributed by atoms with van der Waals surface area (Å²) in [7, 11) is 1.59. The first kappa shape index (κ1) is 24.4. The summed E-state index contributed by atoms with van der Waals surface area (Å²) in [5, 5.41) is 11.1. The van der Waals surface area contributed by atoms with Gasteiger partial charge in [0.05, 0.1) is 12.7 Å². The summed E-state index contributed by atoms with van der Waals surface area (Å²) in [5.74, 6) is 1.44. The number of aryl methyl sites for hydroxylation is 1. The number of allylic oxidation sites excluding steroid dienone is 1. The van der Waals surface area contributed by atoms with Crippen molar-refractivity contribution in [3.8, 4) is 11.5 Å². The smallest absolute Gasteiger partial charge is 0.255 e. The molecule has 1 atom stereocenters. The number of benzene rings is 3. The number of hydrogen-bond acceptors (Lipinski definition) is 6. The van der Waals surface area contributed by atoms with Gasteiger partial charge in [-0.05, 0) is 61.4 Å². The summed E-state index contributed by atoms with van der Waals surface area (Å²) in [6, 6.07) is 20.2. The molecule has 0 saturated carbocycles. The Morgan fingerprint density at radius 3 is 2.65 bits per heavy atom. The van der Waals surface area contributed by atoms with E-state index in [1.54, 1.807) is 36.1 Å². The van der Waals surface area contributed by atoms with Crippen LogP contribution in [-0.2, 0) is 11.4 Å². The number of carbonyl (C=O) groups is 1. The van der Waals surface area contributed by atoms with Gasteiger partial charge in [-0.2, -0.15) is 10.1 Å². The fourth-order valence-corrected chi connectivity index (χ4v) is 4.49. The molecule has 1 unspecified atom stereocenters. The van der Waals surface area contributed by atoms with Crippen LogP contribution in [0, 0.1) is 6.92 Å². The largest absolute Gasteiger partial charge is 0.493 e. The van der Waals surface area contributed by atoms with E-state index in [2.05, 4.69) is 26.8 Å².